The van der Waals surface area contributed by atoms with Gasteiger partial charge in [-0.3, -0.25) is 0 Å². The molecule has 0 N–H and O–H groups in total. The van der Waals surface area contributed by atoms with Crippen LogP contribution in [0.3, 0.4) is 0 Å². The molecule has 2 rings (SSSR count). The van der Waals surface area contributed by atoms with Gasteiger partial charge in [-0.25, -0.2) is 0 Å². The van der Waals surface area contributed by atoms with Crippen LogP contribution in [0.2, 0.25) is 0 Å². The molecule has 0 heterocycles. The van der Waals surface area contributed by atoms with Crippen molar-refractivity contribution in [3.63, 3.8) is 0 Å². The first-order valence-electron chi connectivity index (χ1n) is 6.80. The Hall–Kier alpha value is -0.580. The van der Waals surface area contributed by atoms with Gasteiger partial charge in [-0.15, -0.1) is 0 Å². The Bertz CT molecular complexity index is 383. The molecule has 1 fully saturated rings. The van der Waals surface area contributed by atoms with Crippen LogP contribution < -0.4 is 4.74 Å². The van der Waals surface area contributed by atoms with Crippen LogP contribution in [0, 0.1) is 0 Å². The zero-order valence-electron chi connectivity index (χ0n) is 11.3. The van der Waals surface area contributed by atoms with Crippen LogP contribution in [0.15, 0.2) is 28.7 Å². The molecule has 1 aromatic rings. The Morgan fingerprint density at radius 3 is 2.84 bits per heavy atom. The fraction of sp³-hybridized carbons (Fsp3) is 0.600. The predicted octanol–water partition coefficient (Wildman–Crippen LogP) is 3.80. The summed E-state index contributed by atoms with van der Waals surface area (Å²) in [5.41, 5.74) is 0. The van der Waals surface area contributed by atoms with E-state index in [0.717, 1.165) is 29.5 Å². The van der Waals surface area contributed by atoms with E-state index in [9.17, 15) is 0 Å². The molecule has 3 nitrogen and oxygen atoms in total. The van der Waals surface area contributed by atoms with Gasteiger partial charge in [0.15, 0.2) is 0 Å². The Morgan fingerprint density at radius 1 is 1.21 bits per heavy atom. The lowest BCUT2D eigenvalue weighted by Gasteiger charge is -2.28. The van der Waals surface area contributed by atoms with Gasteiger partial charge in [-0.2, -0.15) is 0 Å². The summed E-state index contributed by atoms with van der Waals surface area (Å²) in [5, 5.41) is 0. The Kier molecular flexibility index (Phi) is 6.14. The van der Waals surface area contributed by atoms with Crippen molar-refractivity contribution in [2.24, 2.45) is 0 Å². The molecular weight excluding hydrogens is 308 g/mol. The van der Waals surface area contributed by atoms with Crippen LogP contribution in [-0.2, 0) is 9.47 Å². The molecule has 0 bridgehead atoms. The molecule has 0 radical (unpaired) electrons. The third-order valence-electron chi connectivity index (χ3n) is 3.41. The molecule has 0 amide bonds. The summed E-state index contributed by atoms with van der Waals surface area (Å²) in [7, 11) is 1.78. The normalized spacial score (nSPS) is 23.3. The molecule has 0 aliphatic heterocycles. The summed E-state index contributed by atoms with van der Waals surface area (Å²) in [6.45, 7) is 1.22. The topological polar surface area (TPSA) is 27.7 Å². The first-order chi connectivity index (χ1) is 9.28. The van der Waals surface area contributed by atoms with E-state index in [1.54, 1.807) is 7.11 Å². The fourth-order valence-corrected chi connectivity index (χ4v) is 2.78. The van der Waals surface area contributed by atoms with Crippen LogP contribution in [0.25, 0.3) is 0 Å². The highest BCUT2D eigenvalue weighted by atomic mass is 79.9. The van der Waals surface area contributed by atoms with Crippen LogP contribution >= 0.6 is 15.9 Å². The second-order valence-corrected chi connectivity index (χ2v) is 5.74. The van der Waals surface area contributed by atoms with Crippen LogP contribution in [0.5, 0.6) is 5.75 Å². The average Bonchev–Trinajstić information content (AvgIpc) is 2.44. The van der Waals surface area contributed by atoms with Gasteiger partial charge in [-0.1, -0.05) is 22.0 Å². The summed E-state index contributed by atoms with van der Waals surface area (Å²) in [4.78, 5) is 0. The number of halogens is 1. The van der Waals surface area contributed by atoms with E-state index in [0.29, 0.717) is 25.4 Å². The Labute approximate surface area is 123 Å². The highest BCUT2D eigenvalue weighted by molar-refractivity contribution is 9.10. The van der Waals surface area contributed by atoms with Crippen molar-refractivity contribution >= 4 is 15.9 Å². The molecular formula is C15H21BrO3. The van der Waals surface area contributed by atoms with Crippen molar-refractivity contribution in [3.05, 3.63) is 28.7 Å². The quantitative estimate of drug-likeness (QED) is 0.743. The van der Waals surface area contributed by atoms with Crippen molar-refractivity contribution in [3.8, 4) is 5.75 Å². The van der Waals surface area contributed by atoms with E-state index < -0.39 is 0 Å². The second kappa shape index (κ2) is 7.88. The molecule has 106 valence electrons. The highest BCUT2D eigenvalue weighted by Gasteiger charge is 2.21. The number of hydrogen-bond donors (Lipinski definition) is 0. The molecule has 1 saturated carbocycles. The van der Waals surface area contributed by atoms with Gasteiger partial charge in [0.2, 0.25) is 0 Å². The van der Waals surface area contributed by atoms with Crippen molar-refractivity contribution in [2.45, 2.75) is 37.9 Å². The molecule has 0 aromatic heterocycles. The van der Waals surface area contributed by atoms with Gasteiger partial charge in [0, 0.05) is 11.6 Å². The number of rotatable bonds is 6. The van der Waals surface area contributed by atoms with E-state index in [-0.39, 0.29) is 0 Å². The number of ether oxygens (including phenoxy) is 3. The van der Waals surface area contributed by atoms with Crippen molar-refractivity contribution in [1.82, 2.24) is 0 Å². The minimum atomic E-state index is 0.324. The van der Waals surface area contributed by atoms with Gasteiger partial charge in [0.1, 0.15) is 12.4 Å². The first-order valence-corrected chi connectivity index (χ1v) is 7.60. The van der Waals surface area contributed by atoms with Crippen LogP contribution in [0.1, 0.15) is 25.7 Å². The molecule has 4 heteroatoms. The lowest BCUT2D eigenvalue weighted by Crippen LogP contribution is -2.28. The monoisotopic (exact) mass is 328 g/mol. The van der Waals surface area contributed by atoms with Gasteiger partial charge < -0.3 is 14.2 Å². The maximum Gasteiger partial charge on any atom is 0.120 e. The number of methoxy groups -OCH3 is 1. The third-order valence-corrected chi connectivity index (χ3v) is 3.91. The minimum absolute atomic E-state index is 0.324. The van der Waals surface area contributed by atoms with Gasteiger partial charge in [0.25, 0.3) is 0 Å². The van der Waals surface area contributed by atoms with Crippen LogP contribution in [-0.4, -0.2) is 32.5 Å². The lowest BCUT2D eigenvalue weighted by molar-refractivity contribution is -0.0362. The van der Waals surface area contributed by atoms with Gasteiger partial charge in [0.05, 0.1) is 18.8 Å². The SMILES string of the molecule is COC1CCCC(OCCOc2cccc(Br)c2)C1. The summed E-state index contributed by atoms with van der Waals surface area (Å²) < 4.78 is 17.9. The minimum Gasteiger partial charge on any atom is -0.491 e. The van der Waals surface area contributed by atoms with Gasteiger partial charge in [-0.05, 0) is 43.9 Å². The Morgan fingerprint density at radius 2 is 2.05 bits per heavy atom. The first kappa shape index (κ1) is 14.8. The van der Waals surface area contributed by atoms with Crippen molar-refractivity contribution in [1.29, 1.82) is 0 Å². The van der Waals surface area contributed by atoms with Crippen molar-refractivity contribution in [2.75, 3.05) is 20.3 Å². The molecule has 0 saturated heterocycles. The number of benzene rings is 1. The standard InChI is InChI=1S/C15H21BrO3/c1-17-13-5-3-7-15(11-13)19-9-8-18-14-6-2-4-12(16)10-14/h2,4,6,10,13,15H,3,5,7-9,11H2,1H3. The second-order valence-electron chi connectivity index (χ2n) is 4.82. The van der Waals surface area contributed by atoms with Gasteiger partial charge >= 0.3 is 0 Å². The molecule has 0 spiro atoms. The fourth-order valence-electron chi connectivity index (χ4n) is 2.40. The molecule has 2 unspecified atom stereocenters. The molecule has 19 heavy (non-hydrogen) atoms. The zero-order chi connectivity index (χ0) is 13.5. The largest absolute Gasteiger partial charge is 0.491 e. The molecule has 1 aliphatic rings. The summed E-state index contributed by atoms with van der Waals surface area (Å²) in [6, 6.07) is 7.86. The molecule has 1 aromatic carbocycles. The van der Waals surface area contributed by atoms with E-state index in [1.165, 1.54) is 6.42 Å². The number of hydrogen-bond acceptors (Lipinski definition) is 3. The summed E-state index contributed by atoms with van der Waals surface area (Å²) >= 11 is 3.42. The summed E-state index contributed by atoms with van der Waals surface area (Å²) in [5.74, 6) is 0.872. The smallest absolute Gasteiger partial charge is 0.120 e. The zero-order valence-corrected chi connectivity index (χ0v) is 12.9. The lowest BCUT2D eigenvalue weighted by atomic mass is 9.95. The summed E-state index contributed by atoms with van der Waals surface area (Å²) in [6.07, 6.45) is 5.18. The predicted molar refractivity (Wildman–Crippen MR) is 78.6 cm³/mol. The molecule has 2 atom stereocenters. The highest BCUT2D eigenvalue weighted by Crippen LogP contribution is 2.23. The van der Waals surface area contributed by atoms with E-state index in [4.69, 9.17) is 14.2 Å². The van der Waals surface area contributed by atoms with E-state index >= 15 is 0 Å². The van der Waals surface area contributed by atoms with E-state index in [1.807, 2.05) is 24.3 Å². The molecule has 1 aliphatic carbocycles. The average molecular weight is 329 g/mol. The van der Waals surface area contributed by atoms with E-state index in [2.05, 4.69) is 15.9 Å². The third kappa shape index (κ3) is 5.13. The maximum absolute atomic E-state index is 5.85. The van der Waals surface area contributed by atoms with Crippen molar-refractivity contribution < 1.29 is 14.2 Å². The maximum atomic E-state index is 5.85. The van der Waals surface area contributed by atoms with Crippen LogP contribution in [0.4, 0.5) is 0 Å². The Balaban J connectivity index is 1.64.